The van der Waals surface area contributed by atoms with Gasteiger partial charge in [0.25, 0.3) is 0 Å². The van der Waals surface area contributed by atoms with E-state index in [1.54, 1.807) is 0 Å². The first-order valence-corrected chi connectivity index (χ1v) is 2.88. The van der Waals surface area contributed by atoms with Crippen molar-refractivity contribution in [3.05, 3.63) is 28.1 Å². The summed E-state index contributed by atoms with van der Waals surface area (Å²) in [6.45, 7) is 1.88. The second-order valence-electron chi connectivity index (χ2n) is 2.28. The van der Waals surface area contributed by atoms with E-state index in [1.807, 2.05) is 19.1 Å². The van der Waals surface area contributed by atoms with Gasteiger partial charge in [0, 0.05) is 5.22 Å². The van der Waals surface area contributed by atoms with Gasteiger partial charge in [0.05, 0.1) is 5.22 Å². The molecule has 0 fully saturated rings. The number of aromatic hydroxyl groups is 1. The summed E-state index contributed by atoms with van der Waals surface area (Å²) in [4.78, 5) is 0. The van der Waals surface area contributed by atoms with Crippen LogP contribution in [0.5, 0.6) is 5.75 Å². The van der Waals surface area contributed by atoms with Crippen LogP contribution in [0.3, 0.4) is 0 Å². The molecule has 0 saturated carbocycles. The highest BCUT2D eigenvalue weighted by atomic mass is 16.3. The van der Waals surface area contributed by atoms with Crippen LogP contribution in [0, 0.1) is 6.92 Å². The molecule has 1 nitrogen and oxygen atoms in total. The van der Waals surface area contributed by atoms with E-state index in [1.165, 1.54) is 0 Å². The number of phenolic OH excluding ortho intramolecular Hbond substituents is 1. The summed E-state index contributed by atoms with van der Waals surface area (Å²) in [6.07, 6.45) is 0. The van der Waals surface area contributed by atoms with Crippen LogP contribution in [-0.4, -0.2) is 5.11 Å². The number of phenols is 1. The van der Waals surface area contributed by atoms with Crippen LogP contribution in [0.2, 0.25) is 0 Å². The van der Waals surface area contributed by atoms with Gasteiger partial charge in [-0.3, -0.25) is 0 Å². The fraction of sp³-hybridized carbons (Fsp3) is 0.125. The van der Waals surface area contributed by atoms with E-state index in [0.717, 1.165) is 16.0 Å². The molecule has 1 aromatic carbocycles. The van der Waals surface area contributed by atoms with Crippen molar-refractivity contribution in [1.29, 1.82) is 0 Å². The monoisotopic (exact) mass is 118 g/mol. The van der Waals surface area contributed by atoms with Gasteiger partial charge in [0.15, 0.2) is 0 Å². The summed E-state index contributed by atoms with van der Waals surface area (Å²) < 4.78 is 0. The Kier molecular flexibility index (Phi) is 0.622. The molecule has 0 amide bonds. The van der Waals surface area contributed by atoms with Crippen molar-refractivity contribution in [2.75, 3.05) is 0 Å². The first-order chi connectivity index (χ1) is 4.29. The average molecular weight is 118 g/mol. The second-order valence-corrected chi connectivity index (χ2v) is 2.28. The van der Waals surface area contributed by atoms with E-state index in [2.05, 4.69) is 5.73 Å². The summed E-state index contributed by atoms with van der Waals surface area (Å²) in [5.74, 6) is 0.396. The van der Waals surface area contributed by atoms with Crippen molar-refractivity contribution in [3.8, 4) is 5.75 Å². The molecule has 44 valence electrons. The lowest BCUT2D eigenvalue weighted by atomic mass is 10.2. The largest absolute Gasteiger partial charge is 0.506 e. The molecule has 0 spiro atoms. The number of hydrogen-bond donors (Lipinski definition) is 1. The molecule has 0 saturated heterocycles. The van der Waals surface area contributed by atoms with E-state index in [9.17, 15) is 5.11 Å². The maximum absolute atomic E-state index is 9.20. The summed E-state index contributed by atoms with van der Waals surface area (Å²) in [5, 5.41) is 11.1. The molecule has 1 aromatic rings. The zero-order valence-electron chi connectivity index (χ0n) is 5.10. The van der Waals surface area contributed by atoms with Gasteiger partial charge < -0.3 is 5.11 Å². The first kappa shape index (κ1) is 4.66. The maximum Gasteiger partial charge on any atom is 0.134 e. The predicted octanol–water partition coefficient (Wildman–Crippen LogP) is -0.235. The fourth-order valence-corrected chi connectivity index (χ4v) is 0.900. The van der Waals surface area contributed by atoms with Gasteiger partial charge in [-0.05, 0) is 18.6 Å². The number of rotatable bonds is 0. The van der Waals surface area contributed by atoms with Gasteiger partial charge in [-0.25, -0.2) is 0 Å². The quantitative estimate of drug-likeness (QED) is 0.506. The standard InChI is InChI=1S/C8H6O/c1-5-2-3-6-4-7(6)8(5)9/h2-3,9H,1H3. The van der Waals surface area contributed by atoms with Crippen molar-refractivity contribution < 1.29 is 5.11 Å². The Morgan fingerprint density at radius 1 is 1.44 bits per heavy atom. The van der Waals surface area contributed by atoms with Gasteiger partial charge in [0.2, 0.25) is 0 Å². The highest BCUT2D eigenvalue weighted by Crippen LogP contribution is 2.06. The molecule has 1 heteroatoms. The molecule has 2 rings (SSSR count). The Hall–Kier alpha value is -1.20. The van der Waals surface area contributed by atoms with Crippen molar-refractivity contribution in [1.82, 2.24) is 0 Å². The lowest BCUT2D eigenvalue weighted by Crippen LogP contribution is -2.07. The molecule has 1 aliphatic rings. The van der Waals surface area contributed by atoms with E-state index in [-0.39, 0.29) is 0 Å². The Labute approximate surface area is 52.6 Å². The number of benzene rings is 1. The van der Waals surface area contributed by atoms with Gasteiger partial charge in [-0.1, -0.05) is 11.8 Å². The minimum atomic E-state index is 0.396. The highest BCUT2D eigenvalue weighted by Gasteiger charge is 2.03. The van der Waals surface area contributed by atoms with Crippen LogP contribution < -0.4 is 10.4 Å². The van der Waals surface area contributed by atoms with Gasteiger partial charge in [0.1, 0.15) is 5.75 Å². The van der Waals surface area contributed by atoms with Crippen LogP contribution in [0.15, 0.2) is 12.1 Å². The normalized spacial score (nSPS) is 11.2. The lowest BCUT2D eigenvalue weighted by Gasteiger charge is -1.90. The third kappa shape index (κ3) is 0.494. The molecular weight excluding hydrogens is 112 g/mol. The van der Waals surface area contributed by atoms with Crippen LogP contribution in [0.1, 0.15) is 5.56 Å². The lowest BCUT2D eigenvalue weighted by molar-refractivity contribution is 0.467. The van der Waals surface area contributed by atoms with Gasteiger partial charge >= 0.3 is 0 Å². The summed E-state index contributed by atoms with van der Waals surface area (Å²) >= 11 is 0. The molecular formula is C8H6O. The Morgan fingerprint density at radius 3 is 2.89 bits per heavy atom. The van der Waals surface area contributed by atoms with Crippen LogP contribution >= 0.6 is 0 Å². The number of hydrogen-bond acceptors (Lipinski definition) is 1. The highest BCUT2D eigenvalue weighted by molar-refractivity contribution is 5.48. The summed E-state index contributed by atoms with van der Waals surface area (Å²) in [6, 6.07) is 3.86. The summed E-state index contributed by atoms with van der Waals surface area (Å²) in [5.41, 5.74) is 3.88. The van der Waals surface area contributed by atoms with E-state index >= 15 is 0 Å². The molecule has 0 atom stereocenters. The van der Waals surface area contributed by atoms with E-state index in [4.69, 9.17) is 0 Å². The van der Waals surface area contributed by atoms with Crippen LogP contribution in [-0.2, 0) is 0 Å². The third-order valence-electron chi connectivity index (χ3n) is 1.58. The zero-order valence-corrected chi connectivity index (χ0v) is 5.10. The molecule has 0 aromatic heterocycles. The Bertz CT molecular complexity index is 384. The average Bonchev–Trinajstić information content (AvgIpc) is 2.58. The van der Waals surface area contributed by atoms with Gasteiger partial charge in [-0.2, -0.15) is 0 Å². The molecule has 0 unspecified atom stereocenters. The van der Waals surface area contributed by atoms with Crippen molar-refractivity contribution in [2.45, 2.75) is 6.92 Å². The zero-order chi connectivity index (χ0) is 6.43. The number of aryl methyl sites for hydroxylation is 1. The SMILES string of the molecule is Cc1ccc2c(c1O)=C=2. The topological polar surface area (TPSA) is 20.2 Å². The molecule has 1 aliphatic carbocycles. The van der Waals surface area contributed by atoms with Crippen molar-refractivity contribution in [3.63, 3.8) is 0 Å². The Morgan fingerprint density at radius 2 is 2.22 bits per heavy atom. The predicted molar refractivity (Wildman–Crippen MR) is 34.6 cm³/mol. The molecule has 0 bridgehead atoms. The van der Waals surface area contributed by atoms with E-state index in [0.29, 0.717) is 5.75 Å². The fourth-order valence-electron chi connectivity index (χ4n) is 0.900. The number of fused-ring (bicyclic) bond motifs is 1. The van der Waals surface area contributed by atoms with Crippen LogP contribution in [0.4, 0.5) is 0 Å². The molecule has 0 aliphatic heterocycles. The minimum Gasteiger partial charge on any atom is -0.506 e. The smallest absolute Gasteiger partial charge is 0.134 e. The maximum atomic E-state index is 9.20. The van der Waals surface area contributed by atoms with Crippen molar-refractivity contribution >= 4 is 5.73 Å². The molecule has 9 heavy (non-hydrogen) atoms. The molecule has 0 heterocycles. The minimum absolute atomic E-state index is 0.396. The molecule has 1 N–H and O–H groups in total. The third-order valence-corrected chi connectivity index (χ3v) is 1.58. The first-order valence-electron chi connectivity index (χ1n) is 2.88. The van der Waals surface area contributed by atoms with Crippen molar-refractivity contribution in [2.24, 2.45) is 0 Å². The second kappa shape index (κ2) is 1.20. The van der Waals surface area contributed by atoms with E-state index < -0.39 is 0 Å². The summed E-state index contributed by atoms with van der Waals surface area (Å²) in [7, 11) is 0. The van der Waals surface area contributed by atoms with Crippen LogP contribution in [0.25, 0.3) is 5.73 Å². The molecule has 0 radical (unpaired) electrons. The van der Waals surface area contributed by atoms with Gasteiger partial charge in [-0.15, -0.1) is 0 Å². The Balaban J connectivity index is 2.88.